The lowest BCUT2D eigenvalue weighted by Crippen LogP contribution is -2.66. The van der Waals surface area contributed by atoms with Gasteiger partial charge in [0.05, 0.1) is 42.0 Å². The molecule has 1 aromatic heterocycles. The van der Waals surface area contributed by atoms with Gasteiger partial charge >= 0.3 is 0 Å². The van der Waals surface area contributed by atoms with Gasteiger partial charge in [-0.05, 0) is 66.1 Å². The summed E-state index contributed by atoms with van der Waals surface area (Å²) in [6, 6.07) is 20.9. The van der Waals surface area contributed by atoms with Gasteiger partial charge in [0.2, 0.25) is 17.8 Å². The number of hydrogen-bond donors (Lipinski definition) is 2. The summed E-state index contributed by atoms with van der Waals surface area (Å²) < 4.78 is 17.3. The molecule has 55 heavy (non-hydrogen) atoms. The highest BCUT2D eigenvalue weighted by Gasteiger charge is 2.50. The zero-order valence-corrected chi connectivity index (χ0v) is 30.5. The minimum absolute atomic E-state index is 0.0256. The first kappa shape index (κ1) is 35.9. The number of carbonyl (C=O) groups excluding carboxylic acids is 5. The first-order valence-corrected chi connectivity index (χ1v) is 18.2. The molecule has 1 spiro atoms. The molecule has 4 aromatic rings. The van der Waals surface area contributed by atoms with Gasteiger partial charge in [-0.3, -0.25) is 34.2 Å². The van der Waals surface area contributed by atoms with Crippen molar-refractivity contribution < 1.29 is 38.2 Å². The summed E-state index contributed by atoms with van der Waals surface area (Å²) in [5, 5.41) is 4.94. The van der Waals surface area contributed by atoms with Crippen molar-refractivity contribution in [2.45, 2.75) is 44.8 Å². The average molecular weight is 745 g/mol. The third-order valence-corrected chi connectivity index (χ3v) is 10.7. The summed E-state index contributed by atoms with van der Waals surface area (Å²) in [4.78, 5) is 75.0. The number of nitrogens with one attached hydrogen (secondary N) is 2. The fraction of sp³-hybridized carbons (Fsp3) is 0.341. The molecule has 2 N–H and O–H groups in total. The Kier molecular flexibility index (Phi) is 9.29. The second kappa shape index (κ2) is 14.3. The SMILES string of the molecule is CC(C)(c1ccc(OCCNC(=O)c2ccc3c(c2)C(=O)N(C2CCC(=O)NC2=O)C3=O)cc1)c1ccc(OCc2ccnc(N3CC4(COC4)C3)n2)cc1. The van der Waals surface area contributed by atoms with Crippen LogP contribution in [0.3, 0.4) is 0 Å². The van der Waals surface area contributed by atoms with Crippen LogP contribution in [0, 0.1) is 5.41 Å². The predicted octanol–water partition coefficient (Wildman–Crippen LogP) is 3.43. The number of carbonyl (C=O) groups is 5. The third kappa shape index (κ3) is 7.00. The molecule has 0 bridgehead atoms. The second-order valence-corrected chi connectivity index (χ2v) is 15.0. The summed E-state index contributed by atoms with van der Waals surface area (Å²) in [5.74, 6) is -0.754. The van der Waals surface area contributed by atoms with E-state index in [2.05, 4.69) is 46.5 Å². The van der Waals surface area contributed by atoms with Crippen molar-refractivity contribution in [3.8, 4) is 11.5 Å². The van der Waals surface area contributed by atoms with Gasteiger partial charge in [0.25, 0.3) is 17.7 Å². The molecule has 3 aromatic carbocycles. The zero-order valence-electron chi connectivity index (χ0n) is 30.5. The van der Waals surface area contributed by atoms with Crippen LogP contribution < -0.4 is 25.0 Å². The van der Waals surface area contributed by atoms with Gasteiger partial charge in [-0.25, -0.2) is 9.97 Å². The van der Waals surface area contributed by atoms with Crippen LogP contribution >= 0.6 is 0 Å². The number of nitrogens with zero attached hydrogens (tertiary/aromatic N) is 4. The van der Waals surface area contributed by atoms with E-state index in [0.29, 0.717) is 17.8 Å². The molecule has 14 nitrogen and oxygen atoms in total. The Morgan fingerprint density at radius 2 is 1.58 bits per heavy atom. The van der Waals surface area contributed by atoms with Crippen LogP contribution in [0.5, 0.6) is 11.5 Å². The number of amides is 5. The van der Waals surface area contributed by atoms with Crippen molar-refractivity contribution in [2.24, 2.45) is 5.41 Å². The van der Waals surface area contributed by atoms with Crippen molar-refractivity contribution in [1.82, 2.24) is 25.5 Å². The number of imide groups is 2. The molecule has 5 amide bonds. The highest BCUT2D eigenvalue weighted by atomic mass is 16.5. The number of aromatic nitrogens is 2. The fourth-order valence-corrected chi connectivity index (χ4v) is 7.40. The van der Waals surface area contributed by atoms with E-state index in [1.54, 1.807) is 6.20 Å². The van der Waals surface area contributed by atoms with Gasteiger partial charge in [0.15, 0.2) is 0 Å². The first-order chi connectivity index (χ1) is 26.5. The van der Waals surface area contributed by atoms with Crippen LogP contribution in [0.1, 0.15) is 74.6 Å². The number of piperidine rings is 1. The minimum Gasteiger partial charge on any atom is -0.492 e. The molecule has 14 heteroatoms. The molecule has 4 aliphatic rings. The van der Waals surface area contributed by atoms with Gasteiger partial charge in [-0.1, -0.05) is 38.1 Å². The lowest BCUT2D eigenvalue weighted by Gasteiger charge is -2.54. The van der Waals surface area contributed by atoms with E-state index < -0.39 is 35.6 Å². The molecule has 1 atom stereocenters. The van der Waals surface area contributed by atoms with Crippen LogP contribution in [0.25, 0.3) is 0 Å². The molecule has 3 fully saturated rings. The van der Waals surface area contributed by atoms with Crippen LogP contribution in [0.2, 0.25) is 0 Å². The summed E-state index contributed by atoms with van der Waals surface area (Å²) in [5.41, 5.74) is 3.37. The maximum Gasteiger partial charge on any atom is 0.262 e. The summed E-state index contributed by atoms with van der Waals surface area (Å²) >= 11 is 0. The molecule has 0 saturated carbocycles. The topological polar surface area (TPSA) is 169 Å². The predicted molar refractivity (Wildman–Crippen MR) is 198 cm³/mol. The Morgan fingerprint density at radius 1 is 0.909 bits per heavy atom. The van der Waals surface area contributed by atoms with Crippen LogP contribution in [-0.4, -0.2) is 89.9 Å². The zero-order chi connectivity index (χ0) is 38.3. The van der Waals surface area contributed by atoms with Crippen molar-refractivity contribution in [1.29, 1.82) is 0 Å². The summed E-state index contributed by atoms with van der Waals surface area (Å²) in [7, 11) is 0. The Balaban J connectivity index is 0.800. The maximum absolute atomic E-state index is 13.1. The highest BCUT2D eigenvalue weighted by Crippen LogP contribution is 2.39. The number of ether oxygens (including phenoxy) is 3. The highest BCUT2D eigenvalue weighted by molar-refractivity contribution is 6.24. The molecule has 3 saturated heterocycles. The van der Waals surface area contributed by atoms with Gasteiger partial charge in [0, 0.05) is 36.7 Å². The lowest BCUT2D eigenvalue weighted by atomic mass is 9.78. The van der Waals surface area contributed by atoms with E-state index in [9.17, 15) is 24.0 Å². The van der Waals surface area contributed by atoms with Gasteiger partial charge in [-0.15, -0.1) is 0 Å². The molecule has 0 aliphatic carbocycles. The third-order valence-electron chi connectivity index (χ3n) is 10.7. The Morgan fingerprint density at radius 3 is 2.24 bits per heavy atom. The smallest absolute Gasteiger partial charge is 0.262 e. The van der Waals surface area contributed by atoms with Crippen molar-refractivity contribution >= 4 is 35.5 Å². The minimum atomic E-state index is -1.07. The quantitative estimate of drug-likeness (QED) is 0.161. The Bertz CT molecular complexity index is 2180. The van der Waals surface area contributed by atoms with Crippen LogP contribution in [-0.2, 0) is 26.3 Å². The van der Waals surface area contributed by atoms with Gasteiger partial charge in [0.1, 0.15) is 30.8 Å². The number of hydrogen-bond acceptors (Lipinski definition) is 11. The summed E-state index contributed by atoms with van der Waals surface area (Å²) in [6.45, 7) is 8.54. The molecular weight excluding hydrogens is 704 g/mol. The number of fused-ring (bicyclic) bond motifs is 1. The largest absolute Gasteiger partial charge is 0.492 e. The van der Waals surface area contributed by atoms with E-state index in [0.717, 1.165) is 59.7 Å². The molecule has 5 heterocycles. The summed E-state index contributed by atoms with van der Waals surface area (Å²) in [6.07, 6.45) is 1.86. The molecular formula is C41H40N6O8. The molecule has 8 rings (SSSR count). The van der Waals surface area contributed by atoms with E-state index in [1.807, 2.05) is 42.5 Å². The number of anilines is 1. The number of benzene rings is 3. The molecule has 282 valence electrons. The average Bonchev–Trinajstić information content (AvgIpc) is 3.40. The molecule has 1 unspecified atom stereocenters. The van der Waals surface area contributed by atoms with Crippen molar-refractivity contribution in [3.05, 3.63) is 113 Å². The van der Waals surface area contributed by atoms with E-state index in [1.165, 1.54) is 18.2 Å². The van der Waals surface area contributed by atoms with Gasteiger partial charge in [-0.2, -0.15) is 0 Å². The Hall–Kier alpha value is -6.15. The van der Waals surface area contributed by atoms with E-state index in [-0.39, 0.29) is 48.1 Å². The molecule has 4 aliphatic heterocycles. The fourth-order valence-electron chi connectivity index (χ4n) is 7.40. The van der Waals surface area contributed by atoms with Gasteiger partial charge < -0.3 is 24.4 Å². The second-order valence-electron chi connectivity index (χ2n) is 15.0. The standard InChI is InChI=1S/C41H40N6O8/c1-40(2,27-6-10-30(11-7-27)55-20-28-15-16-43-39(44-28)46-21-41(22-46)23-53-24-41)26-4-8-29(9-5-26)54-18-17-42-35(49)25-3-12-31-32(19-25)38(52)47(37(31)51)33-13-14-34(48)45-36(33)50/h3-12,15-16,19,33H,13-14,17-18,20-24H2,1-2H3,(H,42,49)(H,45,48,50). The van der Waals surface area contributed by atoms with Crippen molar-refractivity contribution in [3.63, 3.8) is 0 Å². The van der Waals surface area contributed by atoms with E-state index >= 15 is 0 Å². The maximum atomic E-state index is 13.1. The normalized spacial score (nSPS) is 18.7. The molecule has 0 radical (unpaired) electrons. The lowest BCUT2D eigenvalue weighted by molar-refractivity contribution is -0.136. The van der Waals surface area contributed by atoms with Crippen LogP contribution in [0.4, 0.5) is 5.95 Å². The monoisotopic (exact) mass is 744 g/mol. The van der Waals surface area contributed by atoms with Crippen molar-refractivity contribution in [2.75, 3.05) is 44.4 Å². The Labute approximate surface area is 317 Å². The first-order valence-electron chi connectivity index (χ1n) is 18.2. The van der Waals surface area contributed by atoms with E-state index in [4.69, 9.17) is 19.2 Å². The number of rotatable bonds is 12. The van der Waals surface area contributed by atoms with Crippen LogP contribution in [0.15, 0.2) is 79.0 Å².